The lowest BCUT2D eigenvalue weighted by molar-refractivity contribution is 0.0491. The van der Waals surface area contributed by atoms with E-state index in [0.29, 0.717) is 29.7 Å². The van der Waals surface area contributed by atoms with Gasteiger partial charge < -0.3 is 14.9 Å². The highest BCUT2D eigenvalue weighted by Gasteiger charge is 2.22. The highest BCUT2D eigenvalue weighted by Crippen LogP contribution is 2.32. The van der Waals surface area contributed by atoms with E-state index < -0.39 is 5.97 Å². The molecule has 2 rings (SSSR count). The fourth-order valence-electron chi connectivity index (χ4n) is 2.04. The van der Waals surface area contributed by atoms with Crippen molar-refractivity contribution in [2.45, 2.75) is 26.0 Å². The number of carbonyl (C=O) groups is 1. The van der Waals surface area contributed by atoms with Crippen LogP contribution in [0, 0.1) is 0 Å². The van der Waals surface area contributed by atoms with Gasteiger partial charge in [-0.25, -0.2) is 4.79 Å². The first-order valence-corrected chi connectivity index (χ1v) is 9.15. The van der Waals surface area contributed by atoms with Crippen molar-refractivity contribution in [2.75, 3.05) is 13.2 Å². The average molecular weight is 399 g/mol. The molecule has 0 spiro atoms. The molecular weight excluding hydrogens is 380 g/mol. The second-order valence-electron chi connectivity index (χ2n) is 4.78. The van der Waals surface area contributed by atoms with Gasteiger partial charge in [0.05, 0.1) is 6.61 Å². The SMILES string of the molecule is CCCN=C(N)SCc1c(C(=O)OCC)oc2ccc(Br)cc12. The molecule has 5 nitrogen and oxygen atoms in total. The van der Waals surface area contributed by atoms with Gasteiger partial charge >= 0.3 is 5.97 Å². The number of nitrogens with two attached hydrogens (primary N) is 1. The Bertz CT molecular complexity index is 727. The molecule has 124 valence electrons. The van der Waals surface area contributed by atoms with Crippen molar-refractivity contribution in [3.05, 3.63) is 34.0 Å². The van der Waals surface area contributed by atoms with E-state index in [2.05, 4.69) is 20.9 Å². The summed E-state index contributed by atoms with van der Waals surface area (Å²) in [6.07, 6.45) is 0.941. The summed E-state index contributed by atoms with van der Waals surface area (Å²) >= 11 is 4.83. The molecule has 2 N–H and O–H groups in total. The molecule has 0 bridgehead atoms. The Morgan fingerprint density at radius 3 is 2.91 bits per heavy atom. The first-order valence-electron chi connectivity index (χ1n) is 7.37. The van der Waals surface area contributed by atoms with Gasteiger partial charge in [-0.3, -0.25) is 4.99 Å². The van der Waals surface area contributed by atoms with Gasteiger partial charge in [0.2, 0.25) is 5.76 Å². The van der Waals surface area contributed by atoms with Crippen LogP contribution < -0.4 is 5.73 Å². The van der Waals surface area contributed by atoms with Gasteiger partial charge in [-0.15, -0.1) is 0 Å². The standard InChI is InChI=1S/C16H19BrN2O3S/c1-3-7-19-16(18)23-9-12-11-8-10(17)5-6-13(11)22-14(12)15(20)21-4-2/h5-6,8H,3-4,7,9H2,1-2H3,(H2,18,19). The van der Waals surface area contributed by atoms with Gasteiger partial charge in [0.15, 0.2) is 5.17 Å². The molecule has 0 atom stereocenters. The Balaban J connectivity index is 2.35. The van der Waals surface area contributed by atoms with Crippen molar-refractivity contribution in [1.29, 1.82) is 0 Å². The molecule has 0 unspecified atom stereocenters. The summed E-state index contributed by atoms with van der Waals surface area (Å²) in [5.41, 5.74) is 7.32. The summed E-state index contributed by atoms with van der Waals surface area (Å²) < 4.78 is 11.7. The monoisotopic (exact) mass is 398 g/mol. The van der Waals surface area contributed by atoms with Crippen molar-refractivity contribution in [2.24, 2.45) is 10.7 Å². The molecule has 0 radical (unpaired) electrons. The zero-order valence-electron chi connectivity index (χ0n) is 13.1. The fraction of sp³-hybridized carbons (Fsp3) is 0.375. The molecule has 0 saturated heterocycles. The lowest BCUT2D eigenvalue weighted by Crippen LogP contribution is -2.09. The average Bonchev–Trinajstić information content (AvgIpc) is 2.89. The van der Waals surface area contributed by atoms with Crippen LogP contribution in [0.2, 0.25) is 0 Å². The summed E-state index contributed by atoms with van der Waals surface area (Å²) in [5, 5.41) is 1.38. The smallest absolute Gasteiger partial charge is 0.374 e. The number of halogens is 1. The van der Waals surface area contributed by atoms with Crippen molar-refractivity contribution >= 4 is 49.8 Å². The van der Waals surface area contributed by atoms with Gasteiger partial charge in [0.1, 0.15) is 5.58 Å². The lowest BCUT2D eigenvalue weighted by Gasteiger charge is -2.03. The Morgan fingerprint density at radius 2 is 2.22 bits per heavy atom. The van der Waals surface area contributed by atoms with Gasteiger partial charge in [-0.1, -0.05) is 34.6 Å². The van der Waals surface area contributed by atoms with Crippen LogP contribution in [0.25, 0.3) is 11.0 Å². The molecule has 1 aromatic heterocycles. The van der Waals surface area contributed by atoms with E-state index in [0.717, 1.165) is 21.8 Å². The van der Waals surface area contributed by atoms with Crippen LogP contribution in [0.1, 0.15) is 36.4 Å². The molecule has 0 saturated carbocycles. The van der Waals surface area contributed by atoms with Crippen LogP contribution in [0.3, 0.4) is 0 Å². The third-order valence-electron chi connectivity index (χ3n) is 3.07. The number of hydrogen-bond acceptors (Lipinski definition) is 5. The normalized spacial score (nSPS) is 11.9. The molecule has 0 aliphatic carbocycles. The fourth-order valence-corrected chi connectivity index (χ4v) is 3.16. The maximum atomic E-state index is 12.1. The molecular formula is C16H19BrN2O3S. The zero-order chi connectivity index (χ0) is 16.8. The highest BCUT2D eigenvalue weighted by atomic mass is 79.9. The van der Waals surface area contributed by atoms with E-state index in [-0.39, 0.29) is 5.76 Å². The Hall–Kier alpha value is -1.47. The summed E-state index contributed by atoms with van der Waals surface area (Å²) in [4.78, 5) is 16.4. The third kappa shape index (κ3) is 4.51. The van der Waals surface area contributed by atoms with Crippen LogP contribution >= 0.6 is 27.7 Å². The molecule has 1 aromatic carbocycles. The van der Waals surface area contributed by atoms with E-state index in [1.807, 2.05) is 25.1 Å². The highest BCUT2D eigenvalue weighted by molar-refractivity contribution is 9.10. The Kier molecular flexibility index (Phi) is 6.53. The van der Waals surface area contributed by atoms with Crippen molar-refractivity contribution in [1.82, 2.24) is 0 Å². The predicted molar refractivity (Wildman–Crippen MR) is 97.9 cm³/mol. The number of furan rings is 1. The minimum absolute atomic E-state index is 0.232. The number of amidine groups is 1. The molecule has 23 heavy (non-hydrogen) atoms. The molecule has 2 aromatic rings. The van der Waals surface area contributed by atoms with E-state index in [4.69, 9.17) is 14.9 Å². The van der Waals surface area contributed by atoms with Crippen LogP contribution in [-0.4, -0.2) is 24.3 Å². The number of ether oxygens (including phenoxy) is 1. The first-order chi connectivity index (χ1) is 11.1. The van der Waals surface area contributed by atoms with E-state index >= 15 is 0 Å². The largest absolute Gasteiger partial charge is 0.460 e. The van der Waals surface area contributed by atoms with Gasteiger partial charge in [0.25, 0.3) is 0 Å². The van der Waals surface area contributed by atoms with Crippen LogP contribution in [0.5, 0.6) is 0 Å². The molecule has 0 aliphatic rings. The predicted octanol–water partition coefficient (Wildman–Crippen LogP) is 4.33. The van der Waals surface area contributed by atoms with Crippen molar-refractivity contribution in [3.8, 4) is 0 Å². The third-order valence-corrected chi connectivity index (χ3v) is 4.42. The quantitative estimate of drug-likeness (QED) is 0.445. The van der Waals surface area contributed by atoms with Crippen LogP contribution in [-0.2, 0) is 10.5 Å². The van der Waals surface area contributed by atoms with Crippen molar-refractivity contribution < 1.29 is 13.9 Å². The van der Waals surface area contributed by atoms with E-state index in [1.165, 1.54) is 11.8 Å². The van der Waals surface area contributed by atoms with Crippen LogP contribution in [0.4, 0.5) is 0 Å². The van der Waals surface area contributed by atoms with E-state index in [9.17, 15) is 4.79 Å². The Morgan fingerprint density at radius 1 is 1.43 bits per heavy atom. The van der Waals surface area contributed by atoms with Crippen molar-refractivity contribution in [3.63, 3.8) is 0 Å². The molecule has 0 aliphatic heterocycles. The first kappa shape index (κ1) is 17.9. The molecule has 1 heterocycles. The number of hydrogen-bond donors (Lipinski definition) is 1. The zero-order valence-corrected chi connectivity index (χ0v) is 15.5. The summed E-state index contributed by atoms with van der Waals surface area (Å²) in [7, 11) is 0. The second-order valence-corrected chi connectivity index (χ2v) is 6.69. The minimum atomic E-state index is -0.459. The minimum Gasteiger partial charge on any atom is -0.460 e. The number of fused-ring (bicyclic) bond motifs is 1. The number of benzene rings is 1. The number of esters is 1. The van der Waals surface area contributed by atoms with Gasteiger partial charge in [-0.05, 0) is 31.5 Å². The van der Waals surface area contributed by atoms with Crippen LogP contribution in [0.15, 0.2) is 32.1 Å². The topological polar surface area (TPSA) is 77.8 Å². The number of thioether (sulfide) groups is 1. The lowest BCUT2D eigenvalue weighted by atomic mass is 10.1. The molecule has 7 heteroatoms. The number of nitrogens with zero attached hydrogens (tertiary/aromatic N) is 1. The van der Waals surface area contributed by atoms with E-state index in [1.54, 1.807) is 6.92 Å². The second kappa shape index (κ2) is 8.40. The summed E-state index contributed by atoms with van der Waals surface area (Å²) in [5.74, 6) is 0.270. The number of carbonyl (C=O) groups excluding carboxylic acids is 1. The summed E-state index contributed by atoms with van der Waals surface area (Å²) in [6, 6.07) is 5.62. The maximum Gasteiger partial charge on any atom is 0.374 e. The summed E-state index contributed by atoms with van der Waals surface area (Å²) in [6.45, 7) is 4.80. The van der Waals surface area contributed by atoms with Gasteiger partial charge in [0, 0.05) is 27.7 Å². The number of aliphatic imine (C=N–C) groups is 1. The Labute approximate surface area is 147 Å². The maximum absolute atomic E-state index is 12.1. The number of rotatable bonds is 6. The van der Waals surface area contributed by atoms with Gasteiger partial charge in [-0.2, -0.15) is 0 Å². The molecule has 0 amide bonds. The molecule has 0 fully saturated rings.